The summed E-state index contributed by atoms with van der Waals surface area (Å²) in [6, 6.07) is 109. The SMILES string of the molecule is Brc1cccc(-c2cccc(Br)c2)c1.CC1(C)CB(c2ccc3c4ccccc4c4ccccc4c3c2)CC1(C)C.c1cc(-c2cccc(-c3ccc4c5ccccc5c5ccccc5c4c3)c2)cc(-c2ccc3c4ccccc4c4ccccc4c3c2)c1. The van der Waals surface area contributed by atoms with Gasteiger partial charge >= 0.3 is 0 Å². The normalized spacial score (nSPS) is 13.6. The second-order valence-electron chi connectivity index (χ2n) is 25.7. The standard InChI is InChI=1S/C48H30.C26H27B.C12H8Br2/c1-3-19-41-37(15-1)39-17-5-7-21-43(39)47-29-35(23-25-45(41)47)33-13-9-11-31(27-33)32-12-10-14-34(28-32)36-24-26-46-42-20-4-2-16-38(42)40-18-6-8-22-44(40)48(46)30-36;1-25(2)16-27(17-26(25,3)4)18-13-14-23-21-11-6-5-9-19(21)20-10-7-8-12-22(20)24(23)15-18;13-11-5-1-3-9(7-11)10-4-2-6-12(14)8-10/h1-30H;5-15H,16-17H2,1-4H3;1-8H. The first-order chi connectivity index (χ1) is 43.4. The zero-order valence-corrected chi connectivity index (χ0v) is 53.7. The molecule has 0 bridgehead atoms. The predicted octanol–water partition coefficient (Wildman–Crippen LogP) is 25.4. The van der Waals surface area contributed by atoms with Crippen LogP contribution in [0.25, 0.3) is 141 Å². The number of hydrogen-bond acceptors (Lipinski definition) is 0. The number of halogens is 2. The largest absolute Gasteiger partial charge is 0.176 e. The Bertz CT molecular complexity index is 5080. The first-order valence-electron chi connectivity index (χ1n) is 31.2. The van der Waals surface area contributed by atoms with Crippen molar-refractivity contribution < 1.29 is 0 Å². The molecule has 426 valence electrons. The van der Waals surface area contributed by atoms with Crippen molar-refractivity contribution in [1.29, 1.82) is 0 Å². The minimum atomic E-state index is 0.387. The molecule has 1 heterocycles. The van der Waals surface area contributed by atoms with Crippen LogP contribution in [-0.2, 0) is 0 Å². The van der Waals surface area contributed by atoms with Crippen molar-refractivity contribution in [2.75, 3.05) is 0 Å². The average molecular weight is 1270 g/mol. The van der Waals surface area contributed by atoms with Crippen LogP contribution in [-0.4, -0.2) is 6.71 Å². The number of rotatable bonds is 5. The minimum Gasteiger partial charge on any atom is -0.0794 e. The van der Waals surface area contributed by atoms with Crippen molar-refractivity contribution in [2.45, 2.75) is 40.3 Å². The second kappa shape index (κ2) is 23.1. The van der Waals surface area contributed by atoms with Gasteiger partial charge in [-0.3, -0.25) is 0 Å². The van der Waals surface area contributed by atoms with Gasteiger partial charge in [0.05, 0.1) is 0 Å². The molecular formula is C86H65BBr2. The lowest BCUT2D eigenvalue weighted by Gasteiger charge is -2.35. The highest BCUT2D eigenvalue weighted by Gasteiger charge is 2.48. The van der Waals surface area contributed by atoms with Gasteiger partial charge in [0.2, 0.25) is 0 Å². The van der Waals surface area contributed by atoms with Crippen LogP contribution in [0.4, 0.5) is 0 Å². The van der Waals surface area contributed by atoms with E-state index in [-0.39, 0.29) is 0 Å². The Hall–Kier alpha value is -9.12. The molecule has 3 heteroatoms. The van der Waals surface area contributed by atoms with E-state index < -0.39 is 0 Å². The molecule has 0 aliphatic carbocycles. The zero-order chi connectivity index (χ0) is 60.4. The smallest absolute Gasteiger partial charge is 0.0794 e. The molecule has 0 unspecified atom stereocenters. The highest BCUT2D eigenvalue weighted by atomic mass is 79.9. The van der Waals surface area contributed by atoms with E-state index in [1.165, 1.54) is 160 Å². The molecule has 0 spiro atoms. The lowest BCUT2D eigenvalue weighted by atomic mass is 9.42. The molecule has 1 saturated heterocycles. The van der Waals surface area contributed by atoms with Gasteiger partial charge in [-0.1, -0.05) is 326 Å². The molecule has 0 amide bonds. The Morgan fingerprint density at radius 1 is 0.213 bits per heavy atom. The lowest BCUT2D eigenvalue weighted by molar-refractivity contribution is 0.177. The average Bonchev–Trinajstić information content (AvgIpc) is 1.08. The Kier molecular flexibility index (Phi) is 14.6. The van der Waals surface area contributed by atoms with Crippen LogP contribution in [0.1, 0.15) is 27.7 Å². The highest BCUT2D eigenvalue weighted by Crippen LogP contribution is 2.53. The second-order valence-corrected chi connectivity index (χ2v) is 27.5. The Balaban J connectivity index is 0.000000135. The minimum absolute atomic E-state index is 0.387. The van der Waals surface area contributed by atoms with Gasteiger partial charge in [0.1, 0.15) is 0 Å². The summed E-state index contributed by atoms with van der Waals surface area (Å²) in [5.41, 5.74) is 12.1. The molecule has 0 aromatic heterocycles. The molecule has 0 radical (unpaired) electrons. The lowest BCUT2D eigenvalue weighted by Crippen LogP contribution is -2.27. The van der Waals surface area contributed by atoms with Crippen molar-refractivity contribution in [3.8, 4) is 44.5 Å². The maximum Gasteiger partial charge on any atom is 0.176 e. The van der Waals surface area contributed by atoms with Gasteiger partial charge < -0.3 is 0 Å². The molecule has 0 nitrogen and oxygen atoms in total. The van der Waals surface area contributed by atoms with Gasteiger partial charge in [-0.2, -0.15) is 0 Å². The van der Waals surface area contributed by atoms with Gasteiger partial charge in [-0.15, -0.1) is 0 Å². The summed E-state index contributed by atoms with van der Waals surface area (Å²) in [4.78, 5) is 0. The van der Waals surface area contributed by atoms with E-state index in [1.807, 2.05) is 24.3 Å². The van der Waals surface area contributed by atoms with Crippen LogP contribution in [0.5, 0.6) is 0 Å². The summed E-state index contributed by atoms with van der Waals surface area (Å²) in [6.07, 6.45) is 2.55. The first kappa shape index (κ1) is 56.4. The summed E-state index contributed by atoms with van der Waals surface area (Å²) >= 11 is 6.93. The quantitative estimate of drug-likeness (QED) is 0.119. The molecule has 17 rings (SSSR count). The van der Waals surface area contributed by atoms with E-state index in [4.69, 9.17) is 0 Å². The van der Waals surface area contributed by atoms with Gasteiger partial charge in [0, 0.05) is 8.95 Å². The molecular weight excluding hydrogens is 1200 g/mol. The molecule has 1 aliphatic rings. The Morgan fingerprint density at radius 2 is 0.438 bits per heavy atom. The third-order valence-corrected chi connectivity index (χ3v) is 20.8. The molecule has 89 heavy (non-hydrogen) atoms. The van der Waals surface area contributed by atoms with Crippen molar-refractivity contribution in [3.05, 3.63) is 306 Å². The fourth-order valence-electron chi connectivity index (χ4n) is 14.5. The van der Waals surface area contributed by atoms with Crippen LogP contribution in [0.2, 0.25) is 12.6 Å². The third-order valence-electron chi connectivity index (χ3n) is 19.8. The number of hydrogen-bond donors (Lipinski definition) is 0. The van der Waals surface area contributed by atoms with Gasteiger partial charge in [-0.05, 0) is 201 Å². The third kappa shape index (κ3) is 10.5. The number of benzene rings is 16. The van der Waals surface area contributed by atoms with Crippen molar-refractivity contribution in [3.63, 3.8) is 0 Å². The van der Waals surface area contributed by atoms with E-state index in [0.29, 0.717) is 17.5 Å². The van der Waals surface area contributed by atoms with E-state index in [2.05, 4.69) is 333 Å². The summed E-state index contributed by atoms with van der Waals surface area (Å²) in [5, 5.41) is 23.9. The zero-order valence-electron chi connectivity index (χ0n) is 50.5. The Labute approximate surface area is 538 Å². The topological polar surface area (TPSA) is 0 Å². The predicted molar refractivity (Wildman–Crippen MR) is 397 cm³/mol. The van der Waals surface area contributed by atoms with Crippen molar-refractivity contribution in [1.82, 2.24) is 0 Å². The van der Waals surface area contributed by atoms with Crippen molar-refractivity contribution >= 4 is 141 Å². The van der Waals surface area contributed by atoms with Gasteiger partial charge in [0.15, 0.2) is 6.71 Å². The maximum atomic E-state index is 3.47. The van der Waals surface area contributed by atoms with Crippen LogP contribution in [0.15, 0.2) is 306 Å². The van der Waals surface area contributed by atoms with Crippen LogP contribution >= 0.6 is 31.9 Å². The maximum absolute atomic E-state index is 3.47. The summed E-state index contributed by atoms with van der Waals surface area (Å²) in [7, 11) is 0. The molecule has 0 saturated carbocycles. The van der Waals surface area contributed by atoms with Crippen LogP contribution in [0, 0.1) is 10.8 Å². The number of fused-ring (bicyclic) bond motifs is 18. The van der Waals surface area contributed by atoms with Gasteiger partial charge in [0.25, 0.3) is 0 Å². The van der Waals surface area contributed by atoms with E-state index in [1.54, 1.807) is 0 Å². The molecule has 0 atom stereocenters. The fourth-order valence-corrected chi connectivity index (χ4v) is 15.3. The van der Waals surface area contributed by atoms with E-state index in [0.717, 1.165) is 8.95 Å². The van der Waals surface area contributed by atoms with Crippen LogP contribution in [0.3, 0.4) is 0 Å². The van der Waals surface area contributed by atoms with E-state index in [9.17, 15) is 0 Å². The van der Waals surface area contributed by atoms with Crippen LogP contribution < -0.4 is 5.46 Å². The summed E-state index contributed by atoms with van der Waals surface area (Å²) in [5.74, 6) is 0. The monoisotopic (exact) mass is 1270 g/mol. The van der Waals surface area contributed by atoms with Crippen molar-refractivity contribution in [2.24, 2.45) is 10.8 Å². The molecule has 1 fully saturated rings. The molecule has 1 aliphatic heterocycles. The first-order valence-corrected chi connectivity index (χ1v) is 32.7. The van der Waals surface area contributed by atoms with E-state index >= 15 is 0 Å². The summed E-state index contributed by atoms with van der Waals surface area (Å²) < 4.78 is 2.21. The van der Waals surface area contributed by atoms with Gasteiger partial charge in [-0.25, -0.2) is 0 Å². The molecule has 0 N–H and O–H groups in total. The molecule has 16 aromatic carbocycles. The highest BCUT2D eigenvalue weighted by molar-refractivity contribution is 9.10. The Morgan fingerprint density at radius 3 is 0.730 bits per heavy atom. The summed E-state index contributed by atoms with van der Waals surface area (Å²) in [6.45, 7) is 10.4. The molecule has 16 aromatic rings. The fraction of sp³-hybridized carbons (Fsp3) is 0.0930.